The molecule has 0 fully saturated rings. The number of rotatable bonds is 6. The topological polar surface area (TPSA) is 0 Å². The number of aryl methyl sites for hydroxylation is 3. The Labute approximate surface area is 147 Å². The second-order valence-corrected chi connectivity index (χ2v) is 6.79. The van der Waals surface area contributed by atoms with E-state index < -0.39 is 0 Å². The lowest BCUT2D eigenvalue weighted by Gasteiger charge is -2.06. The van der Waals surface area contributed by atoms with Crippen molar-refractivity contribution >= 4 is 12.2 Å². The van der Waals surface area contributed by atoms with Crippen molar-refractivity contribution in [2.75, 3.05) is 0 Å². The largest absolute Gasteiger partial charge is 0.0958 e. The SMILES string of the molecule is C=C(/C=C/c1ccc(C)c(C)c1)CC(C)/C=C/c1ccc(C)cc1. The van der Waals surface area contributed by atoms with E-state index in [1.165, 1.54) is 27.8 Å². The van der Waals surface area contributed by atoms with Gasteiger partial charge in [0.25, 0.3) is 0 Å². The van der Waals surface area contributed by atoms with E-state index >= 15 is 0 Å². The third-order valence-corrected chi connectivity index (χ3v) is 4.32. The van der Waals surface area contributed by atoms with Gasteiger partial charge in [-0.05, 0) is 55.4 Å². The quantitative estimate of drug-likeness (QED) is 0.507. The van der Waals surface area contributed by atoms with E-state index in [0.717, 1.165) is 12.0 Å². The molecule has 0 aliphatic rings. The van der Waals surface area contributed by atoms with Gasteiger partial charge in [0.05, 0.1) is 0 Å². The lowest BCUT2D eigenvalue weighted by molar-refractivity contribution is 0.732. The van der Waals surface area contributed by atoms with Crippen LogP contribution in [0.3, 0.4) is 0 Å². The van der Waals surface area contributed by atoms with Crippen molar-refractivity contribution in [1.82, 2.24) is 0 Å². The van der Waals surface area contributed by atoms with E-state index in [4.69, 9.17) is 0 Å². The molecule has 0 bridgehead atoms. The molecule has 0 N–H and O–H groups in total. The fourth-order valence-corrected chi connectivity index (χ4v) is 2.58. The molecule has 0 saturated heterocycles. The van der Waals surface area contributed by atoms with Crippen molar-refractivity contribution in [3.05, 3.63) is 94.6 Å². The van der Waals surface area contributed by atoms with Gasteiger partial charge in [0.2, 0.25) is 0 Å². The molecule has 0 spiro atoms. The van der Waals surface area contributed by atoms with E-state index in [2.05, 4.69) is 101 Å². The smallest absolute Gasteiger partial charge is 0.0218 e. The molecule has 2 aromatic rings. The lowest BCUT2D eigenvalue weighted by Crippen LogP contribution is -1.90. The predicted octanol–water partition coefficient (Wildman–Crippen LogP) is 6.92. The Kier molecular flexibility index (Phi) is 6.37. The highest BCUT2D eigenvalue weighted by molar-refractivity contribution is 5.55. The minimum absolute atomic E-state index is 0.475. The first-order chi connectivity index (χ1) is 11.4. The highest BCUT2D eigenvalue weighted by Gasteiger charge is 1.99. The summed E-state index contributed by atoms with van der Waals surface area (Å²) in [7, 11) is 0. The molecular formula is C24H28. The molecule has 0 nitrogen and oxygen atoms in total. The summed E-state index contributed by atoms with van der Waals surface area (Å²) >= 11 is 0. The van der Waals surface area contributed by atoms with Crippen LogP contribution in [0, 0.1) is 26.7 Å². The molecule has 1 atom stereocenters. The zero-order valence-electron chi connectivity index (χ0n) is 15.3. The maximum Gasteiger partial charge on any atom is -0.0218 e. The van der Waals surface area contributed by atoms with Crippen LogP contribution in [0.2, 0.25) is 0 Å². The highest BCUT2D eigenvalue weighted by atomic mass is 14.0. The summed E-state index contributed by atoms with van der Waals surface area (Å²) in [6.45, 7) is 12.8. The zero-order valence-corrected chi connectivity index (χ0v) is 15.3. The summed E-state index contributed by atoms with van der Waals surface area (Å²) < 4.78 is 0. The second kappa shape index (κ2) is 8.49. The molecule has 2 rings (SSSR count). The van der Waals surface area contributed by atoms with Crippen LogP contribution in [-0.4, -0.2) is 0 Å². The molecule has 0 aliphatic heterocycles. The first-order valence-corrected chi connectivity index (χ1v) is 8.62. The maximum absolute atomic E-state index is 4.20. The standard InChI is InChI=1S/C24H28/c1-18-6-11-23(12-7-18)13-8-19(2)16-20(3)9-14-24-15-10-21(4)22(5)17-24/h6-15,17,19H,3,16H2,1-2,4-5H3/b13-8+,14-9+. The summed E-state index contributed by atoms with van der Waals surface area (Å²) in [5.41, 5.74) is 7.61. The van der Waals surface area contributed by atoms with Gasteiger partial charge in [-0.1, -0.05) is 91.4 Å². The molecule has 0 aliphatic carbocycles. The van der Waals surface area contributed by atoms with Crippen molar-refractivity contribution in [3.8, 4) is 0 Å². The van der Waals surface area contributed by atoms with Crippen molar-refractivity contribution in [1.29, 1.82) is 0 Å². The third-order valence-electron chi connectivity index (χ3n) is 4.32. The Morgan fingerprint density at radius 1 is 0.917 bits per heavy atom. The Morgan fingerprint density at radius 3 is 2.25 bits per heavy atom. The maximum atomic E-state index is 4.20. The Bertz CT molecular complexity index is 742. The average Bonchev–Trinajstić information content (AvgIpc) is 2.55. The van der Waals surface area contributed by atoms with Gasteiger partial charge >= 0.3 is 0 Å². The van der Waals surface area contributed by atoms with Crippen molar-refractivity contribution in [2.24, 2.45) is 5.92 Å². The van der Waals surface area contributed by atoms with Gasteiger partial charge in [0.1, 0.15) is 0 Å². The first kappa shape index (κ1) is 18.0. The van der Waals surface area contributed by atoms with Crippen LogP contribution >= 0.6 is 0 Å². The van der Waals surface area contributed by atoms with Gasteiger partial charge < -0.3 is 0 Å². The van der Waals surface area contributed by atoms with Crippen LogP contribution in [0.5, 0.6) is 0 Å². The minimum atomic E-state index is 0.475. The number of hydrogen-bond acceptors (Lipinski definition) is 0. The zero-order chi connectivity index (χ0) is 17.5. The number of allylic oxidation sites excluding steroid dienone is 3. The Morgan fingerprint density at radius 2 is 1.58 bits per heavy atom. The number of benzene rings is 2. The molecule has 0 heteroatoms. The Balaban J connectivity index is 1.89. The molecule has 0 saturated carbocycles. The molecule has 0 amide bonds. The van der Waals surface area contributed by atoms with Crippen LogP contribution in [0.1, 0.15) is 41.2 Å². The minimum Gasteiger partial charge on any atom is -0.0958 e. The molecule has 24 heavy (non-hydrogen) atoms. The summed E-state index contributed by atoms with van der Waals surface area (Å²) in [6, 6.07) is 15.2. The highest BCUT2D eigenvalue weighted by Crippen LogP contribution is 2.17. The van der Waals surface area contributed by atoms with Gasteiger partial charge in [-0.2, -0.15) is 0 Å². The van der Waals surface area contributed by atoms with E-state index in [1.54, 1.807) is 0 Å². The van der Waals surface area contributed by atoms with E-state index in [1.807, 2.05) is 0 Å². The molecular weight excluding hydrogens is 288 g/mol. The van der Waals surface area contributed by atoms with Crippen LogP contribution in [-0.2, 0) is 0 Å². The average molecular weight is 316 g/mol. The van der Waals surface area contributed by atoms with Crippen LogP contribution in [0.25, 0.3) is 12.2 Å². The van der Waals surface area contributed by atoms with Gasteiger partial charge in [-0.3, -0.25) is 0 Å². The van der Waals surface area contributed by atoms with E-state index in [-0.39, 0.29) is 0 Å². The van der Waals surface area contributed by atoms with E-state index in [0.29, 0.717) is 5.92 Å². The molecule has 2 aromatic carbocycles. The molecule has 1 unspecified atom stereocenters. The number of hydrogen-bond donors (Lipinski definition) is 0. The molecule has 0 heterocycles. The monoisotopic (exact) mass is 316 g/mol. The van der Waals surface area contributed by atoms with Crippen LogP contribution in [0.4, 0.5) is 0 Å². The van der Waals surface area contributed by atoms with Gasteiger partial charge in [-0.25, -0.2) is 0 Å². The van der Waals surface area contributed by atoms with Crippen molar-refractivity contribution in [2.45, 2.75) is 34.1 Å². The van der Waals surface area contributed by atoms with E-state index in [9.17, 15) is 0 Å². The summed E-state index contributed by atoms with van der Waals surface area (Å²) in [4.78, 5) is 0. The molecule has 124 valence electrons. The third kappa shape index (κ3) is 5.70. The van der Waals surface area contributed by atoms with Gasteiger partial charge in [-0.15, -0.1) is 0 Å². The second-order valence-electron chi connectivity index (χ2n) is 6.79. The summed E-state index contributed by atoms with van der Waals surface area (Å²) in [5.74, 6) is 0.475. The molecule has 0 aromatic heterocycles. The van der Waals surface area contributed by atoms with Crippen molar-refractivity contribution in [3.63, 3.8) is 0 Å². The summed E-state index contributed by atoms with van der Waals surface area (Å²) in [6.07, 6.45) is 9.74. The predicted molar refractivity (Wildman–Crippen MR) is 108 cm³/mol. The molecule has 0 radical (unpaired) electrons. The fraction of sp³-hybridized carbons (Fsp3) is 0.250. The van der Waals surface area contributed by atoms with Crippen molar-refractivity contribution < 1.29 is 0 Å². The Hall–Kier alpha value is -2.34. The first-order valence-electron chi connectivity index (χ1n) is 8.62. The lowest BCUT2D eigenvalue weighted by atomic mass is 9.99. The normalized spacial score (nSPS) is 12.8. The van der Waals surface area contributed by atoms with Crippen LogP contribution < -0.4 is 0 Å². The van der Waals surface area contributed by atoms with Crippen LogP contribution in [0.15, 0.2) is 66.8 Å². The van der Waals surface area contributed by atoms with Gasteiger partial charge in [0, 0.05) is 0 Å². The fourth-order valence-electron chi connectivity index (χ4n) is 2.58. The van der Waals surface area contributed by atoms with Gasteiger partial charge in [0.15, 0.2) is 0 Å². The summed E-state index contributed by atoms with van der Waals surface area (Å²) in [5, 5.41) is 0.